The number of anilines is 1. The third-order valence-electron chi connectivity index (χ3n) is 5.24. The number of urea groups is 1. The largest absolute Gasteiger partial charge is 0.497 e. The van der Waals surface area contributed by atoms with Gasteiger partial charge in [-0.1, -0.05) is 34.5 Å². The van der Waals surface area contributed by atoms with Gasteiger partial charge in [-0.15, -0.1) is 0 Å². The van der Waals surface area contributed by atoms with Crippen LogP contribution in [0.2, 0.25) is 0 Å². The predicted octanol–water partition coefficient (Wildman–Crippen LogP) is 5.37. The minimum absolute atomic E-state index is 0.0752. The van der Waals surface area contributed by atoms with Gasteiger partial charge in [0.15, 0.2) is 0 Å². The zero-order valence-corrected chi connectivity index (χ0v) is 18.7. The molecule has 2 amide bonds. The Bertz CT molecular complexity index is 776. The van der Waals surface area contributed by atoms with Gasteiger partial charge in [0.05, 0.1) is 7.11 Å². The van der Waals surface area contributed by atoms with Gasteiger partial charge >= 0.3 is 6.03 Å². The summed E-state index contributed by atoms with van der Waals surface area (Å²) in [6.07, 6.45) is 4.89. The van der Waals surface area contributed by atoms with Crippen molar-refractivity contribution in [2.75, 3.05) is 38.6 Å². The van der Waals surface area contributed by atoms with Crippen LogP contribution in [0.5, 0.6) is 5.75 Å². The van der Waals surface area contributed by atoms with Crippen LogP contribution in [0.25, 0.3) is 0 Å². The molecular weight excluding hydrogens is 430 g/mol. The van der Waals surface area contributed by atoms with Gasteiger partial charge in [-0.25, -0.2) is 4.79 Å². The number of carbonyl (C=O) groups excluding carboxylic acids is 1. The Morgan fingerprint density at radius 3 is 2.62 bits per heavy atom. The Morgan fingerprint density at radius 1 is 1.14 bits per heavy atom. The molecule has 1 heterocycles. The normalized spacial score (nSPS) is 14.4. The molecule has 1 saturated heterocycles. The van der Waals surface area contributed by atoms with Gasteiger partial charge < -0.3 is 19.9 Å². The minimum Gasteiger partial charge on any atom is -0.497 e. The van der Waals surface area contributed by atoms with Crippen LogP contribution in [0, 0.1) is 0 Å². The number of likely N-dealkylation sites (tertiary alicyclic amines) is 1. The van der Waals surface area contributed by atoms with E-state index in [4.69, 9.17) is 4.74 Å². The van der Waals surface area contributed by atoms with Gasteiger partial charge in [-0.3, -0.25) is 0 Å². The number of amides is 2. The van der Waals surface area contributed by atoms with Gasteiger partial charge in [0.1, 0.15) is 5.75 Å². The summed E-state index contributed by atoms with van der Waals surface area (Å²) in [6, 6.07) is 15.5. The number of hydrogen-bond donors (Lipinski definition) is 1. The van der Waals surface area contributed by atoms with Crippen molar-refractivity contribution in [2.45, 2.75) is 32.2 Å². The van der Waals surface area contributed by atoms with E-state index in [1.807, 2.05) is 53.4 Å². The number of halogens is 1. The van der Waals surface area contributed by atoms with Crippen LogP contribution in [0.15, 0.2) is 53.0 Å². The van der Waals surface area contributed by atoms with Gasteiger partial charge in [0.25, 0.3) is 0 Å². The molecule has 0 spiro atoms. The van der Waals surface area contributed by atoms with Crippen molar-refractivity contribution in [3.05, 3.63) is 58.6 Å². The Hall–Kier alpha value is -2.05. The first kappa shape index (κ1) is 21.7. The lowest BCUT2D eigenvalue weighted by Crippen LogP contribution is -2.37. The van der Waals surface area contributed by atoms with Crippen LogP contribution < -0.4 is 10.1 Å². The minimum atomic E-state index is -0.0752. The van der Waals surface area contributed by atoms with E-state index in [1.165, 1.54) is 32.4 Å². The quantitative estimate of drug-likeness (QED) is 0.576. The fourth-order valence-electron chi connectivity index (χ4n) is 3.65. The summed E-state index contributed by atoms with van der Waals surface area (Å²) in [6.45, 7) is 4.68. The summed E-state index contributed by atoms with van der Waals surface area (Å²) in [4.78, 5) is 17.4. The van der Waals surface area contributed by atoms with Crippen LogP contribution in [0.3, 0.4) is 0 Å². The van der Waals surface area contributed by atoms with Gasteiger partial charge in [0, 0.05) is 23.2 Å². The fourth-order valence-corrected chi connectivity index (χ4v) is 3.91. The number of benzene rings is 2. The van der Waals surface area contributed by atoms with Crippen molar-refractivity contribution in [3.8, 4) is 5.75 Å². The first-order chi connectivity index (χ1) is 14.1. The van der Waals surface area contributed by atoms with E-state index in [1.54, 1.807) is 7.11 Å². The second kappa shape index (κ2) is 11.2. The standard InChI is InChI=1S/C23H30BrN3O2/c1-29-22-8-5-7-19(17-22)18-27(16-6-15-26-13-3-2-4-14-26)23(28)25-21-11-9-20(24)10-12-21/h5,7-12,17H,2-4,6,13-16,18H2,1H3,(H,25,28). The number of carbonyl (C=O) groups is 1. The Kier molecular flexibility index (Phi) is 8.38. The zero-order chi connectivity index (χ0) is 20.5. The van der Waals surface area contributed by atoms with E-state index in [0.29, 0.717) is 6.54 Å². The molecule has 6 heteroatoms. The molecule has 5 nitrogen and oxygen atoms in total. The molecule has 0 radical (unpaired) electrons. The van der Waals surface area contributed by atoms with Crippen LogP contribution in [0.4, 0.5) is 10.5 Å². The van der Waals surface area contributed by atoms with E-state index in [9.17, 15) is 4.79 Å². The molecule has 1 N–H and O–H groups in total. The smallest absolute Gasteiger partial charge is 0.322 e. The summed E-state index contributed by atoms with van der Waals surface area (Å²) in [5.74, 6) is 0.809. The lowest BCUT2D eigenvalue weighted by atomic mass is 10.1. The lowest BCUT2D eigenvalue weighted by molar-refractivity contribution is 0.192. The molecule has 1 aliphatic heterocycles. The highest BCUT2D eigenvalue weighted by Gasteiger charge is 2.16. The summed E-state index contributed by atoms with van der Waals surface area (Å²) in [7, 11) is 1.66. The average molecular weight is 460 g/mol. The Balaban J connectivity index is 1.63. The molecule has 0 aromatic heterocycles. The van der Waals surface area contributed by atoms with Crippen molar-refractivity contribution < 1.29 is 9.53 Å². The molecule has 1 aliphatic rings. The number of methoxy groups -OCH3 is 1. The maximum Gasteiger partial charge on any atom is 0.322 e. The molecular formula is C23H30BrN3O2. The van der Waals surface area contributed by atoms with E-state index in [-0.39, 0.29) is 6.03 Å². The summed E-state index contributed by atoms with van der Waals surface area (Å²) < 4.78 is 6.33. The maximum atomic E-state index is 13.0. The second-order valence-electron chi connectivity index (χ2n) is 7.47. The van der Waals surface area contributed by atoms with Crippen LogP contribution in [-0.4, -0.2) is 49.1 Å². The highest BCUT2D eigenvalue weighted by molar-refractivity contribution is 9.10. The number of piperidine rings is 1. The van der Waals surface area contributed by atoms with E-state index < -0.39 is 0 Å². The number of nitrogens with one attached hydrogen (secondary N) is 1. The molecule has 0 saturated carbocycles. The number of rotatable bonds is 8. The Morgan fingerprint density at radius 2 is 1.90 bits per heavy atom. The summed E-state index contributed by atoms with van der Waals surface area (Å²) in [5.41, 5.74) is 1.86. The summed E-state index contributed by atoms with van der Waals surface area (Å²) in [5, 5.41) is 3.03. The van der Waals surface area contributed by atoms with E-state index >= 15 is 0 Å². The number of nitrogens with zero attached hydrogens (tertiary/aromatic N) is 2. The van der Waals surface area contributed by atoms with Crippen LogP contribution in [-0.2, 0) is 6.54 Å². The van der Waals surface area contributed by atoms with Crippen LogP contribution >= 0.6 is 15.9 Å². The molecule has 29 heavy (non-hydrogen) atoms. The molecule has 0 aliphatic carbocycles. The highest BCUT2D eigenvalue weighted by atomic mass is 79.9. The van der Waals surface area contributed by atoms with E-state index in [2.05, 4.69) is 26.1 Å². The molecule has 3 rings (SSSR count). The topological polar surface area (TPSA) is 44.8 Å². The lowest BCUT2D eigenvalue weighted by Gasteiger charge is -2.28. The van der Waals surface area contributed by atoms with Crippen molar-refractivity contribution in [1.29, 1.82) is 0 Å². The summed E-state index contributed by atoms with van der Waals surface area (Å²) >= 11 is 3.43. The third-order valence-corrected chi connectivity index (χ3v) is 5.77. The number of hydrogen-bond acceptors (Lipinski definition) is 3. The highest BCUT2D eigenvalue weighted by Crippen LogP contribution is 2.18. The molecule has 1 fully saturated rings. The van der Waals surface area contributed by atoms with Crippen molar-refractivity contribution in [3.63, 3.8) is 0 Å². The molecule has 2 aromatic carbocycles. The van der Waals surface area contributed by atoms with Crippen molar-refractivity contribution in [2.24, 2.45) is 0 Å². The van der Waals surface area contributed by atoms with E-state index in [0.717, 1.165) is 41.0 Å². The fraction of sp³-hybridized carbons (Fsp3) is 0.435. The first-order valence-corrected chi connectivity index (χ1v) is 11.1. The molecule has 2 aromatic rings. The van der Waals surface area contributed by atoms with Crippen LogP contribution in [0.1, 0.15) is 31.2 Å². The molecule has 0 unspecified atom stereocenters. The molecule has 0 atom stereocenters. The zero-order valence-electron chi connectivity index (χ0n) is 17.1. The monoisotopic (exact) mass is 459 g/mol. The second-order valence-corrected chi connectivity index (χ2v) is 8.38. The number of ether oxygens (including phenoxy) is 1. The Labute approximate surface area is 182 Å². The first-order valence-electron chi connectivity index (χ1n) is 10.3. The molecule has 156 valence electrons. The van der Waals surface area contributed by atoms with Gasteiger partial charge in [-0.05, 0) is 80.9 Å². The van der Waals surface area contributed by atoms with Crippen molar-refractivity contribution in [1.82, 2.24) is 9.80 Å². The van der Waals surface area contributed by atoms with Crippen molar-refractivity contribution >= 4 is 27.6 Å². The van der Waals surface area contributed by atoms with Gasteiger partial charge in [-0.2, -0.15) is 0 Å². The van der Waals surface area contributed by atoms with Gasteiger partial charge in [0.2, 0.25) is 0 Å². The average Bonchev–Trinajstić information content (AvgIpc) is 2.75. The predicted molar refractivity (Wildman–Crippen MR) is 121 cm³/mol. The third kappa shape index (κ3) is 7.05. The SMILES string of the molecule is COc1cccc(CN(CCCN2CCCCC2)C(=O)Nc2ccc(Br)cc2)c1. The maximum absolute atomic E-state index is 13.0. The molecule has 0 bridgehead atoms.